The minimum absolute atomic E-state index is 0.151. The lowest BCUT2D eigenvalue weighted by molar-refractivity contribution is -0.116. The molecule has 5 nitrogen and oxygen atoms in total. The van der Waals surface area contributed by atoms with Gasteiger partial charge >= 0.3 is 0 Å². The summed E-state index contributed by atoms with van der Waals surface area (Å²) in [6.07, 6.45) is 3.25. The number of carbonyl (C=O) groups excluding carboxylic acids is 1. The molecule has 13 heavy (non-hydrogen) atoms. The predicted octanol–water partition coefficient (Wildman–Crippen LogP) is -0.293. The van der Waals surface area contributed by atoms with Crippen molar-refractivity contribution in [1.29, 1.82) is 0 Å². The molecule has 0 aromatic carbocycles. The fourth-order valence-electron chi connectivity index (χ4n) is 0.949. The lowest BCUT2D eigenvalue weighted by atomic mass is 10.4. The largest absolute Gasteiger partial charge is 0.368 e. The molecule has 0 fully saturated rings. The summed E-state index contributed by atoms with van der Waals surface area (Å²) in [7, 11) is 1.74. The van der Waals surface area contributed by atoms with E-state index < -0.39 is 0 Å². The Labute approximate surface area is 76.6 Å². The summed E-state index contributed by atoms with van der Waals surface area (Å²) in [6.45, 7) is 1.99. The van der Waals surface area contributed by atoms with Gasteiger partial charge in [-0.15, -0.1) is 0 Å². The molecule has 0 spiro atoms. The third-order valence-corrected chi connectivity index (χ3v) is 1.53. The first-order chi connectivity index (χ1) is 6.09. The lowest BCUT2D eigenvalue weighted by Crippen LogP contribution is -2.31. The van der Waals surface area contributed by atoms with Crippen molar-refractivity contribution >= 4 is 11.7 Å². The molecule has 0 aliphatic carbocycles. The highest BCUT2D eigenvalue weighted by molar-refractivity contribution is 5.78. The molecule has 0 unspecified atom stereocenters. The van der Waals surface area contributed by atoms with E-state index in [9.17, 15) is 4.79 Å². The second-order valence-corrected chi connectivity index (χ2v) is 2.84. The summed E-state index contributed by atoms with van der Waals surface area (Å²) >= 11 is 0. The van der Waals surface area contributed by atoms with Crippen molar-refractivity contribution in [3.8, 4) is 0 Å². The van der Waals surface area contributed by atoms with Crippen LogP contribution in [-0.2, 0) is 4.79 Å². The third kappa shape index (κ3) is 2.70. The van der Waals surface area contributed by atoms with Crippen LogP contribution >= 0.6 is 0 Å². The van der Waals surface area contributed by atoms with Gasteiger partial charge in [-0.1, -0.05) is 0 Å². The predicted molar refractivity (Wildman–Crippen MR) is 49.2 cm³/mol. The summed E-state index contributed by atoms with van der Waals surface area (Å²) in [5.74, 6) is 0.268. The molecule has 0 aliphatic rings. The maximum atomic E-state index is 10.6. The molecule has 0 aliphatic heterocycles. The number of hydrogen-bond donors (Lipinski definition) is 1. The van der Waals surface area contributed by atoms with Crippen molar-refractivity contribution in [2.75, 3.05) is 18.5 Å². The van der Waals surface area contributed by atoms with Crippen LogP contribution in [0.5, 0.6) is 0 Å². The lowest BCUT2D eigenvalue weighted by Gasteiger charge is -2.15. The molecular weight excluding hydrogens is 168 g/mol. The van der Waals surface area contributed by atoms with E-state index in [2.05, 4.69) is 9.97 Å². The van der Waals surface area contributed by atoms with Crippen molar-refractivity contribution in [3.05, 3.63) is 18.1 Å². The summed E-state index contributed by atoms with van der Waals surface area (Å²) in [5, 5.41) is 0. The van der Waals surface area contributed by atoms with Crippen LogP contribution in [0.3, 0.4) is 0 Å². The normalized spacial score (nSPS) is 9.69. The molecule has 0 bridgehead atoms. The SMILES string of the molecule is Cc1cncc(N(C)CC(N)=O)n1. The average molecular weight is 180 g/mol. The maximum absolute atomic E-state index is 10.6. The van der Waals surface area contributed by atoms with Gasteiger partial charge in [0, 0.05) is 13.2 Å². The van der Waals surface area contributed by atoms with Gasteiger partial charge < -0.3 is 10.6 Å². The zero-order valence-corrected chi connectivity index (χ0v) is 7.69. The van der Waals surface area contributed by atoms with Gasteiger partial charge in [0.2, 0.25) is 5.91 Å². The number of carbonyl (C=O) groups is 1. The zero-order valence-electron chi connectivity index (χ0n) is 7.69. The number of amides is 1. The number of aromatic nitrogens is 2. The number of nitrogens with two attached hydrogens (primary N) is 1. The number of rotatable bonds is 3. The first-order valence-corrected chi connectivity index (χ1v) is 3.87. The third-order valence-electron chi connectivity index (χ3n) is 1.53. The van der Waals surface area contributed by atoms with Gasteiger partial charge in [0.15, 0.2) is 0 Å². The highest BCUT2D eigenvalue weighted by atomic mass is 16.1. The molecule has 0 saturated carbocycles. The molecular formula is C8H12N4O. The zero-order chi connectivity index (χ0) is 9.84. The molecule has 2 N–H and O–H groups in total. The number of hydrogen-bond acceptors (Lipinski definition) is 4. The summed E-state index contributed by atoms with van der Waals surface area (Å²) < 4.78 is 0. The van der Waals surface area contributed by atoms with E-state index in [1.165, 1.54) is 0 Å². The number of anilines is 1. The van der Waals surface area contributed by atoms with Gasteiger partial charge in [-0.3, -0.25) is 9.78 Å². The van der Waals surface area contributed by atoms with Crippen LogP contribution < -0.4 is 10.6 Å². The van der Waals surface area contributed by atoms with Crippen molar-refractivity contribution in [2.24, 2.45) is 5.73 Å². The van der Waals surface area contributed by atoms with E-state index >= 15 is 0 Å². The maximum Gasteiger partial charge on any atom is 0.236 e. The molecule has 1 aromatic heterocycles. The monoisotopic (exact) mass is 180 g/mol. The number of nitrogens with zero attached hydrogens (tertiary/aromatic N) is 3. The van der Waals surface area contributed by atoms with E-state index in [0.717, 1.165) is 5.69 Å². The molecule has 1 heterocycles. The minimum atomic E-state index is -0.384. The quantitative estimate of drug-likeness (QED) is 0.693. The van der Waals surface area contributed by atoms with Crippen LogP contribution in [0.4, 0.5) is 5.82 Å². The second-order valence-electron chi connectivity index (χ2n) is 2.84. The van der Waals surface area contributed by atoms with Crippen molar-refractivity contribution in [3.63, 3.8) is 0 Å². The van der Waals surface area contributed by atoms with Crippen molar-refractivity contribution < 1.29 is 4.79 Å². The molecule has 0 saturated heterocycles. The Balaban J connectivity index is 2.76. The van der Waals surface area contributed by atoms with Gasteiger partial charge in [0.25, 0.3) is 0 Å². The van der Waals surface area contributed by atoms with E-state index in [4.69, 9.17) is 5.73 Å². The standard InChI is InChI=1S/C8H12N4O/c1-6-3-10-4-8(11-6)12(2)5-7(9)13/h3-4H,5H2,1-2H3,(H2,9,13). The van der Waals surface area contributed by atoms with Gasteiger partial charge in [-0.05, 0) is 6.92 Å². The topological polar surface area (TPSA) is 72.1 Å². The molecule has 70 valence electrons. The van der Waals surface area contributed by atoms with Crippen LogP contribution in [-0.4, -0.2) is 29.5 Å². The molecule has 5 heteroatoms. The molecule has 0 radical (unpaired) electrons. The van der Waals surface area contributed by atoms with Gasteiger partial charge in [-0.25, -0.2) is 4.98 Å². The summed E-state index contributed by atoms with van der Waals surface area (Å²) in [4.78, 5) is 20.4. The fraction of sp³-hybridized carbons (Fsp3) is 0.375. The summed E-state index contributed by atoms with van der Waals surface area (Å²) in [5.41, 5.74) is 5.85. The Hall–Kier alpha value is -1.65. The van der Waals surface area contributed by atoms with Crippen LogP contribution in [0.1, 0.15) is 5.69 Å². The number of aryl methyl sites for hydroxylation is 1. The van der Waals surface area contributed by atoms with Gasteiger partial charge in [0.05, 0.1) is 18.4 Å². The van der Waals surface area contributed by atoms with Crippen molar-refractivity contribution in [2.45, 2.75) is 6.92 Å². The first-order valence-electron chi connectivity index (χ1n) is 3.87. The Morgan fingerprint density at radius 3 is 2.85 bits per heavy atom. The van der Waals surface area contributed by atoms with E-state index in [1.807, 2.05) is 6.92 Å². The summed E-state index contributed by atoms with van der Waals surface area (Å²) in [6, 6.07) is 0. The Morgan fingerprint density at radius 1 is 1.62 bits per heavy atom. The van der Waals surface area contributed by atoms with Crippen molar-refractivity contribution in [1.82, 2.24) is 9.97 Å². The Bertz CT molecular complexity index is 313. The smallest absolute Gasteiger partial charge is 0.236 e. The first kappa shape index (κ1) is 9.44. The fourth-order valence-corrected chi connectivity index (χ4v) is 0.949. The molecule has 1 aromatic rings. The molecule has 0 atom stereocenters. The van der Waals surface area contributed by atoms with Gasteiger partial charge in [-0.2, -0.15) is 0 Å². The molecule has 1 amide bonds. The van der Waals surface area contributed by atoms with E-state index in [1.54, 1.807) is 24.3 Å². The van der Waals surface area contributed by atoms with E-state index in [0.29, 0.717) is 5.82 Å². The second kappa shape index (κ2) is 3.84. The Morgan fingerprint density at radius 2 is 2.31 bits per heavy atom. The average Bonchev–Trinajstić information content (AvgIpc) is 2.03. The number of primary amides is 1. The highest BCUT2D eigenvalue weighted by Crippen LogP contribution is 2.05. The van der Waals surface area contributed by atoms with Crippen LogP contribution in [0.25, 0.3) is 0 Å². The Kier molecular flexibility index (Phi) is 2.79. The van der Waals surface area contributed by atoms with E-state index in [-0.39, 0.29) is 12.5 Å². The van der Waals surface area contributed by atoms with Gasteiger partial charge in [0.1, 0.15) is 5.82 Å². The van der Waals surface area contributed by atoms with Crippen LogP contribution in [0.2, 0.25) is 0 Å². The highest BCUT2D eigenvalue weighted by Gasteiger charge is 2.05. The van der Waals surface area contributed by atoms with Crippen LogP contribution in [0.15, 0.2) is 12.4 Å². The number of likely N-dealkylation sites (N-methyl/N-ethyl adjacent to an activating group) is 1. The molecule has 1 rings (SSSR count). The minimum Gasteiger partial charge on any atom is -0.368 e. The van der Waals surface area contributed by atoms with Crippen LogP contribution in [0, 0.1) is 6.92 Å².